The van der Waals surface area contributed by atoms with Crippen LogP contribution >= 0.6 is 38.9 Å². The molecule has 4 heteroatoms. The molecular weight excluding hydrogens is 272 g/mol. The van der Waals surface area contributed by atoms with E-state index in [0.29, 0.717) is 18.7 Å². The number of halogens is 2. The van der Waals surface area contributed by atoms with Gasteiger partial charge in [0, 0.05) is 33.5 Å². The molecule has 0 radical (unpaired) electrons. The molecule has 0 unspecified atom stereocenters. The van der Waals surface area contributed by atoms with Crippen molar-refractivity contribution in [2.75, 3.05) is 5.88 Å². The van der Waals surface area contributed by atoms with Crippen LogP contribution in [-0.2, 0) is 11.2 Å². The number of Topliss-reactive ketones (excluding diaryl/α,β-unsaturated/α-hetero) is 1. The van der Waals surface area contributed by atoms with Crippen LogP contribution in [0.25, 0.3) is 0 Å². The van der Waals surface area contributed by atoms with E-state index in [1.54, 1.807) is 11.3 Å². The van der Waals surface area contributed by atoms with Crippen LogP contribution in [0.4, 0.5) is 0 Å². The summed E-state index contributed by atoms with van der Waals surface area (Å²) >= 11 is 10.5. The first-order valence-corrected chi connectivity index (χ1v) is 6.23. The number of thiophene rings is 1. The molecule has 0 saturated heterocycles. The van der Waals surface area contributed by atoms with Gasteiger partial charge in [-0.2, -0.15) is 0 Å². The molecule has 0 aliphatic carbocycles. The van der Waals surface area contributed by atoms with Crippen LogP contribution in [0.2, 0.25) is 0 Å². The van der Waals surface area contributed by atoms with Crippen LogP contribution in [-0.4, -0.2) is 11.7 Å². The van der Waals surface area contributed by atoms with Crippen molar-refractivity contribution < 1.29 is 4.79 Å². The quantitative estimate of drug-likeness (QED) is 0.753. The van der Waals surface area contributed by atoms with Gasteiger partial charge in [0.25, 0.3) is 0 Å². The predicted molar refractivity (Wildman–Crippen MR) is 60.7 cm³/mol. The Morgan fingerprint density at radius 3 is 2.92 bits per heavy atom. The summed E-state index contributed by atoms with van der Waals surface area (Å²) in [5, 5.41) is 1.99. The van der Waals surface area contributed by atoms with E-state index in [4.69, 9.17) is 11.6 Å². The molecule has 1 heterocycles. The number of rotatable bonds is 5. The Morgan fingerprint density at radius 2 is 2.38 bits per heavy atom. The van der Waals surface area contributed by atoms with Gasteiger partial charge >= 0.3 is 0 Å². The van der Waals surface area contributed by atoms with Gasteiger partial charge in [-0.05, 0) is 28.4 Å². The van der Waals surface area contributed by atoms with Gasteiger partial charge in [-0.25, -0.2) is 0 Å². The fraction of sp³-hybridized carbons (Fsp3) is 0.444. The Bertz CT molecular complexity index is 285. The van der Waals surface area contributed by atoms with Gasteiger partial charge in [-0.1, -0.05) is 0 Å². The molecule has 0 aromatic carbocycles. The Hall–Kier alpha value is 0.140. The molecule has 72 valence electrons. The molecule has 1 aromatic heterocycles. The summed E-state index contributed by atoms with van der Waals surface area (Å²) in [4.78, 5) is 12.4. The second-order valence-corrected chi connectivity index (χ2v) is 5.03. The predicted octanol–water partition coefficient (Wildman–Crippen LogP) is 3.64. The van der Waals surface area contributed by atoms with Crippen molar-refractivity contribution in [2.45, 2.75) is 19.3 Å². The topological polar surface area (TPSA) is 17.1 Å². The molecule has 0 amide bonds. The normalized spacial score (nSPS) is 10.3. The lowest BCUT2D eigenvalue weighted by Crippen LogP contribution is -2.00. The van der Waals surface area contributed by atoms with Crippen molar-refractivity contribution in [1.82, 2.24) is 0 Å². The number of hydrogen-bond donors (Lipinski definition) is 0. The molecule has 13 heavy (non-hydrogen) atoms. The molecule has 0 saturated carbocycles. The molecule has 0 spiro atoms. The zero-order chi connectivity index (χ0) is 9.68. The smallest absolute Gasteiger partial charge is 0.138 e. The first kappa shape index (κ1) is 11.2. The summed E-state index contributed by atoms with van der Waals surface area (Å²) in [7, 11) is 0. The van der Waals surface area contributed by atoms with E-state index in [1.807, 2.05) is 11.4 Å². The zero-order valence-electron chi connectivity index (χ0n) is 7.06. The highest BCUT2D eigenvalue weighted by atomic mass is 79.9. The van der Waals surface area contributed by atoms with Crippen molar-refractivity contribution in [2.24, 2.45) is 0 Å². The highest BCUT2D eigenvalue weighted by Gasteiger charge is 2.05. The molecule has 0 atom stereocenters. The van der Waals surface area contributed by atoms with Gasteiger partial charge in [-0.3, -0.25) is 4.79 Å². The standard InChI is InChI=1S/C9H10BrClOS/c10-7-4-9(13-6-7)5-8(12)2-1-3-11/h4,6H,1-3,5H2. The van der Waals surface area contributed by atoms with Crippen LogP contribution < -0.4 is 0 Å². The molecule has 0 bridgehead atoms. The SMILES string of the molecule is O=C(CCCCl)Cc1cc(Br)cs1. The third kappa shape index (κ3) is 4.25. The van der Waals surface area contributed by atoms with Crippen molar-refractivity contribution in [3.8, 4) is 0 Å². The molecule has 1 rings (SSSR count). The minimum atomic E-state index is 0.273. The second kappa shape index (κ2) is 5.78. The van der Waals surface area contributed by atoms with Gasteiger partial charge < -0.3 is 0 Å². The number of carbonyl (C=O) groups excluding carboxylic acids is 1. The number of ketones is 1. The lowest BCUT2D eigenvalue weighted by molar-refractivity contribution is -0.118. The van der Waals surface area contributed by atoms with Crippen molar-refractivity contribution in [1.29, 1.82) is 0 Å². The molecule has 1 nitrogen and oxygen atoms in total. The summed E-state index contributed by atoms with van der Waals surface area (Å²) in [5.41, 5.74) is 0. The summed E-state index contributed by atoms with van der Waals surface area (Å²) in [6, 6.07) is 1.99. The average Bonchev–Trinajstić information content (AvgIpc) is 2.48. The van der Waals surface area contributed by atoms with Crippen LogP contribution in [0.5, 0.6) is 0 Å². The second-order valence-electron chi connectivity index (χ2n) is 2.74. The van der Waals surface area contributed by atoms with Gasteiger partial charge in [-0.15, -0.1) is 22.9 Å². The van der Waals surface area contributed by atoms with Crippen LogP contribution in [0.1, 0.15) is 17.7 Å². The van der Waals surface area contributed by atoms with Gasteiger partial charge in [0.2, 0.25) is 0 Å². The lowest BCUT2D eigenvalue weighted by atomic mass is 10.1. The van der Waals surface area contributed by atoms with Crippen molar-refractivity contribution in [3.63, 3.8) is 0 Å². The Kier molecular flexibility index (Phi) is 4.99. The minimum absolute atomic E-state index is 0.273. The number of carbonyl (C=O) groups is 1. The first-order valence-electron chi connectivity index (χ1n) is 4.03. The van der Waals surface area contributed by atoms with Gasteiger partial charge in [0.05, 0.1) is 0 Å². The molecule has 0 aliphatic heterocycles. The highest BCUT2D eigenvalue weighted by molar-refractivity contribution is 9.10. The van der Waals surface area contributed by atoms with Crippen molar-refractivity contribution in [3.05, 3.63) is 20.8 Å². The Labute approximate surface area is 95.2 Å². The highest BCUT2D eigenvalue weighted by Crippen LogP contribution is 2.20. The molecule has 0 fully saturated rings. The van der Waals surface area contributed by atoms with E-state index in [2.05, 4.69) is 15.9 Å². The zero-order valence-corrected chi connectivity index (χ0v) is 10.2. The number of hydrogen-bond acceptors (Lipinski definition) is 2. The molecule has 0 aliphatic rings. The van der Waals surface area contributed by atoms with E-state index >= 15 is 0 Å². The molecule has 0 N–H and O–H groups in total. The maximum Gasteiger partial charge on any atom is 0.138 e. The number of alkyl halides is 1. The van der Waals surface area contributed by atoms with Gasteiger partial charge in [0.15, 0.2) is 0 Å². The lowest BCUT2D eigenvalue weighted by Gasteiger charge is -1.95. The fourth-order valence-corrected chi connectivity index (χ4v) is 2.61. The Balaban J connectivity index is 2.36. The van der Waals surface area contributed by atoms with E-state index in [-0.39, 0.29) is 5.78 Å². The van der Waals surface area contributed by atoms with Crippen LogP contribution in [0.3, 0.4) is 0 Å². The minimum Gasteiger partial charge on any atom is -0.299 e. The van der Waals surface area contributed by atoms with E-state index in [1.165, 1.54) is 0 Å². The monoisotopic (exact) mass is 280 g/mol. The largest absolute Gasteiger partial charge is 0.299 e. The third-order valence-electron chi connectivity index (χ3n) is 1.58. The summed E-state index contributed by atoms with van der Waals surface area (Å²) in [6.45, 7) is 0. The third-order valence-corrected chi connectivity index (χ3v) is 3.55. The van der Waals surface area contributed by atoms with E-state index < -0.39 is 0 Å². The van der Waals surface area contributed by atoms with Crippen molar-refractivity contribution >= 4 is 44.7 Å². The van der Waals surface area contributed by atoms with E-state index in [9.17, 15) is 4.79 Å². The molecular formula is C9H10BrClOS. The fourth-order valence-electron chi connectivity index (χ4n) is 0.993. The van der Waals surface area contributed by atoms with Crippen LogP contribution in [0.15, 0.2) is 15.9 Å². The average molecular weight is 282 g/mol. The van der Waals surface area contributed by atoms with Crippen LogP contribution in [0, 0.1) is 0 Å². The summed E-state index contributed by atoms with van der Waals surface area (Å²) in [5.74, 6) is 0.842. The maximum absolute atomic E-state index is 11.3. The van der Waals surface area contributed by atoms with E-state index in [0.717, 1.165) is 15.8 Å². The summed E-state index contributed by atoms with van der Waals surface area (Å²) < 4.78 is 1.05. The first-order chi connectivity index (χ1) is 6.22. The van der Waals surface area contributed by atoms with Gasteiger partial charge in [0.1, 0.15) is 5.78 Å². The Morgan fingerprint density at radius 1 is 1.62 bits per heavy atom. The molecule has 1 aromatic rings. The summed E-state index contributed by atoms with van der Waals surface area (Å²) in [6.07, 6.45) is 1.93. The maximum atomic E-state index is 11.3.